The van der Waals surface area contributed by atoms with Gasteiger partial charge in [0.25, 0.3) is 0 Å². The van der Waals surface area contributed by atoms with Gasteiger partial charge in [0.1, 0.15) is 0 Å². The van der Waals surface area contributed by atoms with E-state index >= 15 is 0 Å². The topological polar surface area (TPSA) is 58.4 Å². The summed E-state index contributed by atoms with van der Waals surface area (Å²) in [7, 11) is 3.65. The van der Waals surface area contributed by atoms with Crippen LogP contribution in [0, 0.1) is 5.92 Å². The predicted molar refractivity (Wildman–Crippen MR) is 99.3 cm³/mol. The number of piperidine rings is 1. The molecule has 0 radical (unpaired) electrons. The van der Waals surface area contributed by atoms with Gasteiger partial charge in [0.15, 0.2) is 0 Å². The Kier molecular flexibility index (Phi) is 5.61. The second kappa shape index (κ2) is 7.91. The van der Waals surface area contributed by atoms with E-state index in [1.807, 2.05) is 37.5 Å². The summed E-state index contributed by atoms with van der Waals surface area (Å²) in [6.45, 7) is 1.48. The van der Waals surface area contributed by atoms with Crippen LogP contribution in [0.2, 0.25) is 5.02 Å². The first-order valence-electron chi connectivity index (χ1n) is 8.67. The molecule has 0 aliphatic carbocycles. The average molecular weight is 375 g/mol. The van der Waals surface area contributed by atoms with Crippen LogP contribution in [-0.2, 0) is 29.7 Å². The van der Waals surface area contributed by atoms with Crippen molar-refractivity contribution in [1.82, 2.24) is 19.6 Å². The first-order chi connectivity index (χ1) is 12.4. The Balaban J connectivity index is 1.61. The van der Waals surface area contributed by atoms with Crippen LogP contribution in [0.15, 0.2) is 36.7 Å². The highest BCUT2D eigenvalue weighted by atomic mass is 35.5. The van der Waals surface area contributed by atoms with E-state index in [4.69, 9.17) is 11.6 Å². The minimum Gasteiger partial charge on any atom is -0.341 e. The van der Waals surface area contributed by atoms with Crippen molar-refractivity contribution in [3.05, 3.63) is 52.8 Å². The molecule has 7 heteroatoms. The molecule has 26 heavy (non-hydrogen) atoms. The minimum atomic E-state index is -0.165. The van der Waals surface area contributed by atoms with Gasteiger partial charge in [0.05, 0.1) is 12.1 Å². The van der Waals surface area contributed by atoms with Gasteiger partial charge in [-0.1, -0.05) is 23.7 Å². The lowest BCUT2D eigenvalue weighted by Crippen LogP contribution is -2.45. The predicted octanol–water partition coefficient (Wildman–Crippen LogP) is 2.47. The molecule has 138 valence electrons. The molecule has 1 aromatic carbocycles. The van der Waals surface area contributed by atoms with E-state index in [1.54, 1.807) is 27.7 Å². The van der Waals surface area contributed by atoms with E-state index < -0.39 is 0 Å². The number of hydrogen-bond donors (Lipinski definition) is 0. The van der Waals surface area contributed by atoms with Crippen LogP contribution in [0.1, 0.15) is 24.0 Å². The van der Waals surface area contributed by atoms with E-state index in [1.165, 1.54) is 0 Å². The Morgan fingerprint density at radius 1 is 1.31 bits per heavy atom. The van der Waals surface area contributed by atoms with Crippen molar-refractivity contribution in [3.63, 3.8) is 0 Å². The molecule has 1 aliphatic heterocycles. The van der Waals surface area contributed by atoms with Gasteiger partial charge in [-0.3, -0.25) is 14.3 Å². The highest BCUT2D eigenvalue weighted by Gasteiger charge is 2.31. The lowest BCUT2D eigenvalue weighted by atomic mass is 9.95. The summed E-state index contributed by atoms with van der Waals surface area (Å²) >= 11 is 5.91. The second-order valence-electron chi connectivity index (χ2n) is 6.85. The fourth-order valence-corrected chi connectivity index (χ4v) is 3.42. The standard InChI is InChI=1S/C19H23ClN4O2/c1-22(10-15-9-21-23(2)11-15)19(26)16-5-8-18(25)24(13-16)12-14-3-6-17(20)7-4-14/h3-4,6-7,9,11,16H,5,8,10,12-13H2,1-2H3/t16-/m1/s1. The van der Waals surface area contributed by atoms with Gasteiger partial charge >= 0.3 is 0 Å². The molecular formula is C19H23ClN4O2. The van der Waals surface area contributed by atoms with Crippen LogP contribution in [0.25, 0.3) is 0 Å². The molecule has 0 N–H and O–H groups in total. The third-order valence-corrected chi connectivity index (χ3v) is 4.94. The van der Waals surface area contributed by atoms with Crippen molar-refractivity contribution < 1.29 is 9.59 Å². The molecule has 1 saturated heterocycles. The fraction of sp³-hybridized carbons (Fsp3) is 0.421. The number of amides is 2. The second-order valence-corrected chi connectivity index (χ2v) is 7.29. The smallest absolute Gasteiger partial charge is 0.227 e. The third kappa shape index (κ3) is 4.43. The number of halogens is 1. The SMILES string of the molecule is CN(Cc1cnn(C)c1)C(=O)[C@@H]1CCC(=O)N(Cc2ccc(Cl)cc2)C1. The quantitative estimate of drug-likeness (QED) is 0.807. The van der Waals surface area contributed by atoms with Crippen LogP contribution < -0.4 is 0 Å². The van der Waals surface area contributed by atoms with Crippen molar-refractivity contribution in [2.75, 3.05) is 13.6 Å². The molecule has 0 spiro atoms. The molecule has 2 amide bonds. The van der Waals surface area contributed by atoms with Crippen LogP contribution in [-0.4, -0.2) is 45.0 Å². The Bertz CT molecular complexity index is 787. The molecule has 3 rings (SSSR count). The summed E-state index contributed by atoms with van der Waals surface area (Å²) in [5, 5.41) is 4.80. The molecule has 6 nitrogen and oxygen atoms in total. The number of hydrogen-bond acceptors (Lipinski definition) is 3. The summed E-state index contributed by atoms with van der Waals surface area (Å²) in [5.74, 6) is 0.00282. The lowest BCUT2D eigenvalue weighted by Gasteiger charge is -2.34. The van der Waals surface area contributed by atoms with Crippen molar-refractivity contribution in [2.45, 2.75) is 25.9 Å². The van der Waals surface area contributed by atoms with Crippen LogP contribution in [0.5, 0.6) is 0 Å². The Hall–Kier alpha value is -2.34. The van der Waals surface area contributed by atoms with Crippen LogP contribution in [0.4, 0.5) is 0 Å². The molecule has 0 bridgehead atoms. The van der Waals surface area contributed by atoms with E-state index in [2.05, 4.69) is 5.10 Å². The monoisotopic (exact) mass is 374 g/mol. The number of carbonyl (C=O) groups is 2. The Morgan fingerprint density at radius 3 is 2.69 bits per heavy atom. The van der Waals surface area contributed by atoms with Crippen molar-refractivity contribution >= 4 is 23.4 Å². The first-order valence-corrected chi connectivity index (χ1v) is 9.05. The van der Waals surface area contributed by atoms with Gasteiger partial charge < -0.3 is 9.80 Å². The van der Waals surface area contributed by atoms with Gasteiger partial charge in [-0.05, 0) is 24.1 Å². The number of likely N-dealkylation sites (tertiary alicyclic amines) is 1. The molecule has 0 saturated carbocycles. The molecule has 2 aromatic rings. The maximum atomic E-state index is 12.8. The van der Waals surface area contributed by atoms with E-state index in [-0.39, 0.29) is 17.7 Å². The number of nitrogens with zero attached hydrogens (tertiary/aromatic N) is 4. The fourth-order valence-electron chi connectivity index (χ4n) is 3.30. The summed E-state index contributed by atoms with van der Waals surface area (Å²) in [4.78, 5) is 28.6. The summed E-state index contributed by atoms with van der Waals surface area (Å²) in [6.07, 6.45) is 4.68. The zero-order valence-corrected chi connectivity index (χ0v) is 15.8. The normalized spacial score (nSPS) is 17.4. The summed E-state index contributed by atoms with van der Waals surface area (Å²) in [6, 6.07) is 7.45. The zero-order valence-electron chi connectivity index (χ0n) is 15.1. The summed E-state index contributed by atoms with van der Waals surface area (Å²) in [5.41, 5.74) is 2.01. The van der Waals surface area contributed by atoms with Gasteiger partial charge in [0.2, 0.25) is 11.8 Å². The Labute approximate surface area is 158 Å². The van der Waals surface area contributed by atoms with Crippen LogP contribution >= 0.6 is 11.6 Å². The van der Waals surface area contributed by atoms with E-state index in [0.717, 1.165) is 11.1 Å². The lowest BCUT2D eigenvalue weighted by molar-refractivity contribution is -0.143. The van der Waals surface area contributed by atoms with Crippen molar-refractivity contribution in [1.29, 1.82) is 0 Å². The maximum absolute atomic E-state index is 12.8. The molecular weight excluding hydrogens is 352 g/mol. The molecule has 0 unspecified atom stereocenters. The number of rotatable bonds is 5. The van der Waals surface area contributed by atoms with Gasteiger partial charge in [-0.15, -0.1) is 0 Å². The van der Waals surface area contributed by atoms with E-state index in [9.17, 15) is 9.59 Å². The molecule has 1 fully saturated rings. The molecule has 1 aromatic heterocycles. The number of aryl methyl sites for hydroxylation is 1. The third-order valence-electron chi connectivity index (χ3n) is 4.69. The highest BCUT2D eigenvalue weighted by molar-refractivity contribution is 6.30. The van der Waals surface area contributed by atoms with E-state index in [0.29, 0.717) is 37.5 Å². The van der Waals surface area contributed by atoms with Crippen molar-refractivity contribution in [3.8, 4) is 0 Å². The summed E-state index contributed by atoms with van der Waals surface area (Å²) < 4.78 is 1.72. The minimum absolute atomic E-state index is 0.0717. The van der Waals surface area contributed by atoms with Gasteiger partial charge in [-0.25, -0.2) is 0 Å². The number of carbonyl (C=O) groups excluding carboxylic acids is 2. The average Bonchev–Trinajstić information content (AvgIpc) is 3.03. The zero-order chi connectivity index (χ0) is 18.7. The number of aromatic nitrogens is 2. The number of benzene rings is 1. The van der Waals surface area contributed by atoms with Gasteiger partial charge in [-0.2, -0.15) is 5.10 Å². The van der Waals surface area contributed by atoms with Crippen molar-refractivity contribution in [2.24, 2.45) is 13.0 Å². The Morgan fingerprint density at radius 2 is 2.04 bits per heavy atom. The maximum Gasteiger partial charge on any atom is 0.227 e. The molecule has 1 aliphatic rings. The van der Waals surface area contributed by atoms with Gasteiger partial charge in [0, 0.05) is 56.9 Å². The largest absolute Gasteiger partial charge is 0.341 e. The molecule has 1 atom stereocenters. The van der Waals surface area contributed by atoms with Crippen LogP contribution in [0.3, 0.4) is 0 Å². The first kappa shape index (κ1) is 18.5. The highest BCUT2D eigenvalue weighted by Crippen LogP contribution is 2.22. The molecule has 2 heterocycles.